The van der Waals surface area contributed by atoms with Crippen LogP contribution in [0.3, 0.4) is 0 Å². The maximum absolute atomic E-state index is 12.4. The van der Waals surface area contributed by atoms with E-state index in [2.05, 4.69) is 36.5 Å². The minimum Gasteiger partial charge on any atom is -0.356 e. The normalized spacial score (nSPS) is 25.2. The molecule has 1 aliphatic heterocycles. The van der Waals surface area contributed by atoms with Gasteiger partial charge in [-0.15, -0.1) is 0 Å². The van der Waals surface area contributed by atoms with Gasteiger partial charge < -0.3 is 5.32 Å². The number of carbonyl (C=O) groups excluding carboxylic acids is 3. The molecule has 1 aromatic rings. The number of carbonyl (C=O) groups is 3. The first kappa shape index (κ1) is 20.9. The number of imide groups is 1. The lowest BCUT2D eigenvalue weighted by atomic mass is 9.81. The summed E-state index contributed by atoms with van der Waals surface area (Å²) in [5.74, 6) is 0.443. The van der Waals surface area contributed by atoms with Crippen LogP contribution < -0.4 is 5.32 Å². The lowest BCUT2D eigenvalue weighted by molar-refractivity contribution is -0.139. The molecule has 152 valence electrons. The number of rotatable bonds is 7. The van der Waals surface area contributed by atoms with Crippen LogP contribution in [0.25, 0.3) is 0 Å². The second-order valence-corrected chi connectivity index (χ2v) is 9.06. The zero-order valence-corrected chi connectivity index (χ0v) is 17.6. The third-order valence-electron chi connectivity index (χ3n) is 5.98. The molecule has 28 heavy (non-hydrogen) atoms. The molecule has 1 atom stereocenters. The summed E-state index contributed by atoms with van der Waals surface area (Å²) in [7, 11) is 0. The Morgan fingerprint density at radius 1 is 1.14 bits per heavy atom. The zero-order valence-electron chi connectivity index (χ0n) is 16.8. The number of amides is 3. The summed E-state index contributed by atoms with van der Waals surface area (Å²) < 4.78 is 0. The number of benzene rings is 1. The van der Waals surface area contributed by atoms with Crippen LogP contribution >= 0.6 is 11.8 Å². The second-order valence-electron chi connectivity index (χ2n) is 8.02. The topological polar surface area (TPSA) is 66.5 Å². The highest BCUT2D eigenvalue weighted by molar-refractivity contribution is 8.00. The van der Waals surface area contributed by atoms with Gasteiger partial charge in [0, 0.05) is 25.4 Å². The molecule has 1 aromatic carbocycles. The first-order valence-electron chi connectivity index (χ1n) is 10.2. The molecule has 3 amide bonds. The zero-order chi connectivity index (χ0) is 20.1. The van der Waals surface area contributed by atoms with Gasteiger partial charge >= 0.3 is 0 Å². The highest BCUT2D eigenvalue weighted by Crippen LogP contribution is 2.32. The van der Waals surface area contributed by atoms with Crippen LogP contribution in [0.5, 0.6) is 0 Å². The van der Waals surface area contributed by atoms with E-state index < -0.39 is 0 Å². The second kappa shape index (κ2) is 9.59. The molecule has 2 aliphatic rings. The lowest BCUT2D eigenvalue weighted by Gasteiger charge is -2.30. The minimum atomic E-state index is -0.205. The van der Waals surface area contributed by atoms with Crippen molar-refractivity contribution < 1.29 is 14.4 Å². The van der Waals surface area contributed by atoms with E-state index >= 15 is 0 Å². The van der Waals surface area contributed by atoms with Gasteiger partial charge in [0.2, 0.25) is 17.7 Å². The minimum absolute atomic E-state index is 0.0338. The number of hydrogen-bond donors (Lipinski definition) is 1. The molecule has 1 saturated carbocycles. The van der Waals surface area contributed by atoms with Crippen molar-refractivity contribution >= 4 is 29.5 Å². The number of nitrogens with zero attached hydrogens (tertiary/aromatic N) is 1. The summed E-state index contributed by atoms with van der Waals surface area (Å²) in [5.41, 5.74) is 2.48. The van der Waals surface area contributed by atoms with E-state index in [9.17, 15) is 14.4 Å². The molecule has 1 saturated heterocycles. The standard InChI is InChI=1S/C22H30N2O3S/c1-15-3-5-16(6-4-15)11-12-23-21(26)18-9-7-17(8-10-18)14-24-20(25)13-19(28-2)22(24)27/h3-6,17-19H,7-14H2,1-2H3,(H,23,26). The van der Waals surface area contributed by atoms with E-state index in [0.717, 1.165) is 32.1 Å². The average molecular weight is 403 g/mol. The van der Waals surface area contributed by atoms with Crippen LogP contribution in [0.2, 0.25) is 0 Å². The predicted octanol–water partition coefficient (Wildman–Crippen LogP) is 2.95. The summed E-state index contributed by atoms with van der Waals surface area (Å²) in [6, 6.07) is 8.40. The molecule has 1 heterocycles. The van der Waals surface area contributed by atoms with Crippen LogP contribution in [0.15, 0.2) is 24.3 Å². The van der Waals surface area contributed by atoms with Crippen molar-refractivity contribution in [3.63, 3.8) is 0 Å². The molecular formula is C22H30N2O3S. The van der Waals surface area contributed by atoms with Crippen molar-refractivity contribution in [3.8, 4) is 0 Å². The quantitative estimate of drug-likeness (QED) is 0.712. The Bertz CT molecular complexity index is 711. The first-order chi connectivity index (χ1) is 13.5. The van der Waals surface area contributed by atoms with Gasteiger partial charge in [-0.1, -0.05) is 29.8 Å². The maximum atomic E-state index is 12.4. The highest BCUT2D eigenvalue weighted by Gasteiger charge is 2.39. The molecule has 1 unspecified atom stereocenters. The van der Waals surface area contributed by atoms with E-state index in [1.807, 2.05) is 6.26 Å². The van der Waals surface area contributed by atoms with Crippen LogP contribution in [-0.2, 0) is 20.8 Å². The third-order valence-corrected chi connectivity index (χ3v) is 6.92. The Labute approximate surface area is 171 Å². The molecule has 1 aliphatic carbocycles. The molecule has 3 rings (SSSR count). The van der Waals surface area contributed by atoms with Crippen LogP contribution in [0.4, 0.5) is 0 Å². The fraction of sp³-hybridized carbons (Fsp3) is 0.591. The monoisotopic (exact) mass is 402 g/mol. The number of nitrogens with one attached hydrogen (secondary N) is 1. The molecule has 6 heteroatoms. The average Bonchev–Trinajstić information content (AvgIpc) is 2.97. The molecule has 0 bridgehead atoms. The summed E-state index contributed by atoms with van der Waals surface area (Å²) in [6.07, 6.45) is 6.53. The van der Waals surface area contributed by atoms with Crippen molar-refractivity contribution in [2.24, 2.45) is 11.8 Å². The summed E-state index contributed by atoms with van der Waals surface area (Å²) >= 11 is 1.46. The third kappa shape index (κ3) is 5.16. The molecule has 2 fully saturated rings. The van der Waals surface area contributed by atoms with Gasteiger partial charge in [0.1, 0.15) is 0 Å². The van der Waals surface area contributed by atoms with Crippen molar-refractivity contribution in [2.75, 3.05) is 19.3 Å². The van der Waals surface area contributed by atoms with Gasteiger partial charge in [-0.3, -0.25) is 19.3 Å². The van der Waals surface area contributed by atoms with Crippen molar-refractivity contribution in [1.29, 1.82) is 0 Å². The molecular weight excluding hydrogens is 372 g/mol. The van der Waals surface area contributed by atoms with Gasteiger partial charge in [-0.25, -0.2) is 0 Å². The van der Waals surface area contributed by atoms with E-state index in [1.54, 1.807) is 0 Å². The Kier molecular flexibility index (Phi) is 7.16. The lowest BCUT2D eigenvalue weighted by Crippen LogP contribution is -2.39. The maximum Gasteiger partial charge on any atom is 0.242 e. The number of thioether (sulfide) groups is 1. The summed E-state index contributed by atoms with van der Waals surface area (Å²) in [6.45, 7) is 3.25. The fourth-order valence-electron chi connectivity index (χ4n) is 4.12. The molecule has 0 radical (unpaired) electrons. The molecule has 0 aromatic heterocycles. The van der Waals surface area contributed by atoms with Crippen LogP contribution in [-0.4, -0.2) is 47.2 Å². The van der Waals surface area contributed by atoms with Gasteiger partial charge in [0.05, 0.1) is 5.25 Å². The van der Waals surface area contributed by atoms with Crippen LogP contribution in [0.1, 0.15) is 43.2 Å². The summed E-state index contributed by atoms with van der Waals surface area (Å²) in [5, 5.41) is 2.87. The van der Waals surface area contributed by atoms with Gasteiger partial charge in [-0.05, 0) is 56.8 Å². The Morgan fingerprint density at radius 2 is 1.82 bits per heavy atom. The SMILES string of the molecule is CSC1CC(=O)N(CC2CCC(C(=O)NCCc3ccc(C)cc3)CC2)C1=O. The van der Waals surface area contributed by atoms with Crippen molar-refractivity contribution in [1.82, 2.24) is 10.2 Å². The van der Waals surface area contributed by atoms with E-state index in [0.29, 0.717) is 25.4 Å². The largest absolute Gasteiger partial charge is 0.356 e. The summed E-state index contributed by atoms with van der Waals surface area (Å²) in [4.78, 5) is 38.2. The Balaban J connectivity index is 1.38. The number of hydrogen-bond acceptors (Lipinski definition) is 4. The van der Waals surface area contributed by atoms with Crippen molar-refractivity contribution in [3.05, 3.63) is 35.4 Å². The van der Waals surface area contributed by atoms with Crippen LogP contribution in [0, 0.1) is 18.8 Å². The van der Waals surface area contributed by atoms with E-state index in [4.69, 9.17) is 0 Å². The molecule has 1 N–H and O–H groups in total. The van der Waals surface area contributed by atoms with E-state index in [-0.39, 0.29) is 28.9 Å². The Hall–Kier alpha value is -1.82. The van der Waals surface area contributed by atoms with Gasteiger partial charge in [0.15, 0.2) is 0 Å². The molecule has 5 nitrogen and oxygen atoms in total. The Morgan fingerprint density at radius 3 is 2.43 bits per heavy atom. The number of aryl methyl sites for hydroxylation is 1. The molecule has 0 spiro atoms. The fourth-order valence-corrected chi connectivity index (χ4v) is 4.76. The smallest absolute Gasteiger partial charge is 0.242 e. The first-order valence-corrected chi connectivity index (χ1v) is 11.5. The van der Waals surface area contributed by atoms with Gasteiger partial charge in [-0.2, -0.15) is 11.8 Å². The predicted molar refractivity (Wildman–Crippen MR) is 112 cm³/mol. The number of likely N-dealkylation sites (tertiary alicyclic amines) is 1. The highest BCUT2D eigenvalue weighted by atomic mass is 32.2. The van der Waals surface area contributed by atoms with Crippen molar-refractivity contribution in [2.45, 2.75) is 50.7 Å². The van der Waals surface area contributed by atoms with E-state index in [1.165, 1.54) is 27.8 Å². The van der Waals surface area contributed by atoms with Gasteiger partial charge in [0.25, 0.3) is 0 Å².